The minimum atomic E-state index is 0.247. The molecule has 1 spiro atoms. The number of terminal acetylenes is 1. The first kappa shape index (κ1) is 8.81. The van der Waals surface area contributed by atoms with Crippen LogP contribution in [0.2, 0.25) is 0 Å². The molecule has 2 aliphatic carbocycles. The van der Waals surface area contributed by atoms with Crippen LogP contribution in [0.15, 0.2) is 0 Å². The van der Waals surface area contributed by atoms with Crippen molar-refractivity contribution in [1.82, 2.24) is 0 Å². The van der Waals surface area contributed by atoms with Crippen LogP contribution in [-0.4, -0.2) is 5.78 Å². The van der Waals surface area contributed by atoms with Crippen LogP contribution in [0.5, 0.6) is 0 Å². The summed E-state index contributed by atoms with van der Waals surface area (Å²) in [5, 5.41) is 0. The van der Waals surface area contributed by atoms with Crippen molar-refractivity contribution in [3.05, 3.63) is 0 Å². The van der Waals surface area contributed by atoms with Crippen molar-refractivity contribution in [2.75, 3.05) is 0 Å². The van der Waals surface area contributed by atoms with Gasteiger partial charge < -0.3 is 0 Å². The second-order valence-corrected chi connectivity index (χ2v) is 4.53. The first-order valence-corrected chi connectivity index (χ1v) is 5.25. The van der Waals surface area contributed by atoms with E-state index in [1.54, 1.807) is 0 Å². The van der Waals surface area contributed by atoms with Gasteiger partial charge in [-0.25, -0.2) is 0 Å². The van der Waals surface area contributed by atoms with Gasteiger partial charge in [0.1, 0.15) is 5.78 Å². The van der Waals surface area contributed by atoms with Gasteiger partial charge in [0.05, 0.1) is 0 Å². The summed E-state index contributed by atoms with van der Waals surface area (Å²) >= 11 is 0. The zero-order chi connectivity index (χ0) is 9.31. The van der Waals surface area contributed by atoms with E-state index < -0.39 is 0 Å². The minimum Gasteiger partial charge on any atom is -0.300 e. The molecule has 2 rings (SSSR count). The highest BCUT2D eigenvalue weighted by Gasteiger charge is 2.43. The summed E-state index contributed by atoms with van der Waals surface area (Å²) in [6, 6.07) is 0. The second kappa shape index (κ2) is 3.18. The molecule has 1 unspecified atom stereocenters. The van der Waals surface area contributed by atoms with Crippen LogP contribution in [0.4, 0.5) is 0 Å². The molecule has 0 saturated heterocycles. The number of carbonyl (C=O) groups excluding carboxylic acids is 1. The summed E-state index contributed by atoms with van der Waals surface area (Å²) < 4.78 is 0. The Morgan fingerprint density at radius 1 is 1.31 bits per heavy atom. The molecule has 2 aliphatic rings. The Bertz CT molecular complexity index is 253. The maximum absolute atomic E-state index is 11.3. The minimum absolute atomic E-state index is 0.247. The molecule has 1 atom stereocenters. The molecular formula is C12H16O. The van der Waals surface area contributed by atoms with Crippen molar-refractivity contribution in [3.8, 4) is 12.3 Å². The molecule has 1 nitrogen and oxygen atoms in total. The second-order valence-electron chi connectivity index (χ2n) is 4.53. The van der Waals surface area contributed by atoms with Gasteiger partial charge in [0.15, 0.2) is 0 Å². The van der Waals surface area contributed by atoms with E-state index in [9.17, 15) is 4.79 Å². The van der Waals surface area contributed by atoms with Crippen LogP contribution < -0.4 is 0 Å². The van der Waals surface area contributed by atoms with Crippen molar-refractivity contribution in [2.24, 2.45) is 11.3 Å². The lowest BCUT2D eigenvalue weighted by atomic mass is 9.65. The summed E-state index contributed by atoms with van der Waals surface area (Å²) in [6.07, 6.45) is 13.1. The topological polar surface area (TPSA) is 17.1 Å². The molecule has 2 saturated carbocycles. The number of rotatable bonds is 0. The van der Waals surface area contributed by atoms with Gasteiger partial charge in [-0.2, -0.15) is 0 Å². The van der Waals surface area contributed by atoms with Gasteiger partial charge in [-0.15, -0.1) is 12.3 Å². The van der Waals surface area contributed by atoms with Crippen molar-refractivity contribution in [1.29, 1.82) is 0 Å². The zero-order valence-corrected chi connectivity index (χ0v) is 8.01. The molecule has 0 aliphatic heterocycles. The number of hydrogen-bond acceptors (Lipinski definition) is 1. The number of hydrogen-bond donors (Lipinski definition) is 0. The Balaban J connectivity index is 2.18. The quantitative estimate of drug-likeness (QED) is 0.518. The molecule has 0 bridgehead atoms. The molecule has 0 N–H and O–H groups in total. The predicted octanol–water partition coefficient (Wildman–Crippen LogP) is 2.55. The van der Waals surface area contributed by atoms with E-state index in [2.05, 4.69) is 5.92 Å². The lowest BCUT2D eigenvalue weighted by Crippen LogP contribution is -2.33. The molecule has 2 fully saturated rings. The third kappa shape index (κ3) is 1.39. The fourth-order valence-electron chi connectivity index (χ4n) is 3.02. The number of Topliss-reactive ketones (excluding diaryl/α,β-unsaturated/α-hetero) is 1. The summed E-state index contributed by atoms with van der Waals surface area (Å²) in [6.45, 7) is 0. The van der Waals surface area contributed by atoms with E-state index in [4.69, 9.17) is 6.42 Å². The highest BCUT2D eigenvalue weighted by Crippen LogP contribution is 2.51. The molecule has 0 radical (unpaired) electrons. The smallest absolute Gasteiger partial charge is 0.134 e. The largest absolute Gasteiger partial charge is 0.300 e. The van der Waals surface area contributed by atoms with Crippen LogP contribution in [0.3, 0.4) is 0 Å². The molecule has 0 aromatic heterocycles. The van der Waals surface area contributed by atoms with Gasteiger partial charge in [-0.3, -0.25) is 4.79 Å². The molecule has 0 aromatic carbocycles. The summed E-state index contributed by atoms with van der Waals surface area (Å²) in [5.41, 5.74) is 0.364. The van der Waals surface area contributed by atoms with Gasteiger partial charge >= 0.3 is 0 Å². The van der Waals surface area contributed by atoms with Crippen LogP contribution in [-0.2, 0) is 4.79 Å². The first-order chi connectivity index (χ1) is 6.27. The maximum atomic E-state index is 11.3. The zero-order valence-electron chi connectivity index (χ0n) is 8.01. The standard InChI is InChI=1S/C12H16O/c1-2-10-9-11(13)5-8-12(10)6-3-4-7-12/h1,10H,3-9H2. The highest BCUT2D eigenvalue weighted by molar-refractivity contribution is 5.80. The van der Waals surface area contributed by atoms with Gasteiger partial charge in [0.25, 0.3) is 0 Å². The van der Waals surface area contributed by atoms with Crippen LogP contribution in [0.1, 0.15) is 44.9 Å². The maximum Gasteiger partial charge on any atom is 0.134 e. The third-order valence-electron chi connectivity index (χ3n) is 3.87. The van der Waals surface area contributed by atoms with Crippen LogP contribution in [0, 0.1) is 23.7 Å². The van der Waals surface area contributed by atoms with E-state index in [0.29, 0.717) is 17.6 Å². The molecule has 13 heavy (non-hydrogen) atoms. The van der Waals surface area contributed by atoms with Gasteiger partial charge in [-0.1, -0.05) is 12.8 Å². The number of carbonyl (C=O) groups is 1. The normalized spacial score (nSPS) is 31.9. The van der Waals surface area contributed by atoms with E-state index >= 15 is 0 Å². The Kier molecular flexibility index (Phi) is 2.15. The fraction of sp³-hybridized carbons (Fsp3) is 0.750. The number of ketones is 1. The Morgan fingerprint density at radius 2 is 2.00 bits per heavy atom. The predicted molar refractivity (Wildman–Crippen MR) is 52.1 cm³/mol. The molecule has 70 valence electrons. The Labute approximate surface area is 79.9 Å². The van der Waals surface area contributed by atoms with Crippen molar-refractivity contribution < 1.29 is 4.79 Å². The van der Waals surface area contributed by atoms with E-state index in [1.807, 2.05) is 0 Å². The average Bonchev–Trinajstić information content (AvgIpc) is 2.59. The van der Waals surface area contributed by atoms with E-state index in [0.717, 1.165) is 12.8 Å². The fourth-order valence-corrected chi connectivity index (χ4v) is 3.02. The molecule has 0 amide bonds. The first-order valence-electron chi connectivity index (χ1n) is 5.25. The highest BCUT2D eigenvalue weighted by atomic mass is 16.1. The van der Waals surface area contributed by atoms with Gasteiger partial charge in [0, 0.05) is 18.8 Å². The summed E-state index contributed by atoms with van der Waals surface area (Å²) in [7, 11) is 0. The average molecular weight is 176 g/mol. The lowest BCUT2D eigenvalue weighted by Gasteiger charge is -2.38. The lowest BCUT2D eigenvalue weighted by molar-refractivity contribution is -0.123. The monoisotopic (exact) mass is 176 g/mol. The van der Waals surface area contributed by atoms with E-state index in [1.165, 1.54) is 25.7 Å². The molecule has 0 aromatic rings. The van der Waals surface area contributed by atoms with Crippen molar-refractivity contribution in [3.63, 3.8) is 0 Å². The summed E-state index contributed by atoms with van der Waals surface area (Å²) in [5.74, 6) is 3.47. The third-order valence-corrected chi connectivity index (χ3v) is 3.87. The molecular weight excluding hydrogens is 160 g/mol. The molecule has 1 heteroatoms. The SMILES string of the molecule is C#CC1CC(=O)CCC12CCCC2. The van der Waals surface area contributed by atoms with Gasteiger partial charge in [0.2, 0.25) is 0 Å². The van der Waals surface area contributed by atoms with E-state index in [-0.39, 0.29) is 5.92 Å². The Hall–Kier alpha value is -0.770. The molecule has 0 heterocycles. The van der Waals surface area contributed by atoms with Crippen molar-refractivity contribution >= 4 is 5.78 Å². The van der Waals surface area contributed by atoms with Crippen LogP contribution in [0.25, 0.3) is 0 Å². The van der Waals surface area contributed by atoms with Crippen LogP contribution >= 0.6 is 0 Å². The van der Waals surface area contributed by atoms with Gasteiger partial charge in [-0.05, 0) is 24.7 Å². The van der Waals surface area contributed by atoms with Crippen molar-refractivity contribution in [2.45, 2.75) is 44.9 Å². The summed E-state index contributed by atoms with van der Waals surface area (Å²) in [4.78, 5) is 11.3. The Morgan fingerprint density at radius 3 is 2.62 bits per heavy atom.